The van der Waals surface area contributed by atoms with Crippen LogP contribution < -0.4 is 0 Å². The van der Waals surface area contributed by atoms with Crippen LogP contribution in [0.1, 0.15) is 79.1 Å². The van der Waals surface area contributed by atoms with E-state index in [0.29, 0.717) is 30.8 Å². The summed E-state index contributed by atoms with van der Waals surface area (Å²) >= 11 is 2.20. The SMILES string of the molecule is [3H][B]SO[C@@H]1CC2=CC=C3C(CC[C@]4(C)C([C@H](C)CCCC(=O)OCC)=CCC34)[C@@]2(C)[C@@H](OS[B][3H])C1. The number of carbonyl (C=O) groups excluding carboxylic acids is 1. The highest BCUT2D eigenvalue weighted by Crippen LogP contribution is 2.65. The molecule has 4 rings (SSSR count). The molecule has 0 N–H and O–H groups in total. The molecule has 2 unspecified atom stereocenters. The molecule has 0 heterocycles. The molecule has 4 nitrogen and oxygen atoms in total. The highest BCUT2D eigenvalue weighted by molar-refractivity contribution is 8.16. The van der Waals surface area contributed by atoms with Crippen LogP contribution in [0, 0.1) is 28.6 Å². The number of fused-ring (bicyclic) bond motifs is 5. The molecular formula is C27H40B2O4S2. The van der Waals surface area contributed by atoms with Crippen molar-refractivity contribution in [3.63, 3.8) is 0 Å². The minimum Gasteiger partial charge on any atom is -0.466 e. The number of carbonyl (C=O) groups is 1. The summed E-state index contributed by atoms with van der Waals surface area (Å²) in [4.78, 5) is 11.8. The molecule has 2 fully saturated rings. The van der Waals surface area contributed by atoms with Crippen molar-refractivity contribution in [1.29, 1.82) is 2.67 Å². The van der Waals surface area contributed by atoms with E-state index in [-0.39, 0.29) is 29.0 Å². The van der Waals surface area contributed by atoms with Gasteiger partial charge in [-0.05, 0) is 71.3 Å². The van der Waals surface area contributed by atoms with Crippen LogP contribution in [0.2, 0.25) is 0 Å². The molecule has 35 heavy (non-hydrogen) atoms. The lowest BCUT2D eigenvalue weighted by molar-refractivity contribution is -0.143. The lowest BCUT2D eigenvalue weighted by Crippen LogP contribution is -2.52. The molecule has 0 bridgehead atoms. The smallest absolute Gasteiger partial charge is 0.305 e. The molecular weight excluding hydrogens is 474 g/mol. The molecule has 0 amide bonds. The van der Waals surface area contributed by atoms with Crippen LogP contribution in [0.15, 0.2) is 34.9 Å². The lowest BCUT2D eigenvalue weighted by atomic mass is 9.49. The largest absolute Gasteiger partial charge is 0.466 e. The van der Waals surface area contributed by atoms with Crippen molar-refractivity contribution in [1.82, 2.24) is 0 Å². The van der Waals surface area contributed by atoms with Gasteiger partial charge in [0.25, 0.3) is 0 Å². The molecule has 0 saturated heterocycles. The zero-order valence-corrected chi connectivity index (χ0v) is 23.2. The van der Waals surface area contributed by atoms with E-state index in [0.717, 1.165) is 68.7 Å². The monoisotopic (exact) mass is 518 g/mol. The zero-order chi connectivity index (χ0) is 26.6. The summed E-state index contributed by atoms with van der Waals surface area (Å²) in [7, 11) is 2.49. The summed E-state index contributed by atoms with van der Waals surface area (Å²) in [6, 6.07) is 0. The fourth-order valence-electron chi connectivity index (χ4n) is 7.69. The molecule has 4 aliphatic carbocycles. The maximum absolute atomic E-state index is 11.8. The van der Waals surface area contributed by atoms with Crippen molar-refractivity contribution in [2.24, 2.45) is 28.6 Å². The fourth-order valence-corrected chi connectivity index (χ4v) is 8.41. The third-order valence-electron chi connectivity index (χ3n) is 9.46. The summed E-state index contributed by atoms with van der Waals surface area (Å²) in [6.45, 7) is 9.48. The van der Waals surface area contributed by atoms with Crippen LogP contribution in [0.5, 0.6) is 0 Å². The van der Waals surface area contributed by atoms with E-state index in [1.165, 1.54) is 19.7 Å². The molecule has 190 valence electrons. The number of esters is 1. The Labute approximate surface area is 225 Å². The van der Waals surface area contributed by atoms with Gasteiger partial charge in [0.15, 0.2) is 0 Å². The first-order chi connectivity index (χ1) is 17.8. The lowest BCUT2D eigenvalue weighted by Gasteiger charge is -2.57. The fraction of sp³-hybridized carbons (Fsp3) is 0.741. The molecule has 0 aliphatic heterocycles. The summed E-state index contributed by atoms with van der Waals surface area (Å²) < 4.78 is 32.1. The van der Waals surface area contributed by atoms with Crippen LogP contribution in [-0.2, 0) is 17.9 Å². The maximum Gasteiger partial charge on any atom is 0.305 e. The van der Waals surface area contributed by atoms with Crippen molar-refractivity contribution in [3.8, 4) is 0 Å². The van der Waals surface area contributed by atoms with Gasteiger partial charge >= 0.3 is 5.97 Å². The summed E-state index contributed by atoms with van der Waals surface area (Å²) in [5.41, 5.74) is 4.56. The number of hydrogen-bond acceptors (Lipinski definition) is 6. The number of rotatable bonds is 12. The van der Waals surface area contributed by atoms with E-state index >= 15 is 0 Å². The highest BCUT2D eigenvalue weighted by atomic mass is 32.2. The third-order valence-corrected chi connectivity index (χ3v) is 10.2. The topological polar surface area (TPSA) is 44.8 Å². The van der Waals surface area contributed by atoms with Crippen LogP contribution in [0.4, 0.5) is 0 Å². The van der Waals surface area contributed by atoms with E-state index in [1.807, 2.05) is 6.92 Å². The molecule has 4 aliphatic rings. The normalized spacial score (nSPS) is 37.3. The van der Waals surface area contributed by atoms with Crippen molar-refractivity contribution < 1.29 is 17.9 Å². The minimum absolute atomic E-state index is 0.00118. The van der Waals surface area contributed by atoms with Gasteiger partial charge in [-0.1, -0.05) is 79.5 Å². The zero-order valence-electron chi connectivity index (χ0n) is 23.6. The van der Waals surface area contributed by atoms with Gasteiger partial charge in [0.2, 0.25) is 14.2 Å². The summed E-state index contributed by atoms with van der Waals surface area (Å²) in [6.07, 6.45) is 14.6. The van der Waals surface area contributed by atoms with Gasteiger partial charge in [-0.2, -0.15) is 0 Å². The second kappa shape index (κ2) is 11.4. The van der Waals surface area contributed by atoms with Crippen LogP contribution in [0.25, 0.3) is 0 Å². The van der Waals surface area contributed by atoms with Crippen molar-refractivity contribution in [2.45, 2.75) is 91.3 Å². The van der Waals surface area contributed by atoms with Gasteiger partial charge in [-0.3, -0.25) is 4.79 Å². The summed E-state index contributed by atoms with van der Waals surface area (Å²) in [5.74, 6) is 1.30. The summed E-state index contributed by atoms with van der Waals surface area (Å²) in [5, 5.41) is 0. The second-order valence-corrected chi connectivity index (χ2v) is 11.9. The quantitative estimate of drug-likeness (QED) is 0.135. The van der Waals surface area contributed by atoms with Crippen molar-refractivity contribution >= 4 is 43.9 Å². The van der Waals surface area contributed by atoms with Gasteiger partial charge in [-0.15, -0.1) is 0 Å². The van der Waals surface area contributed by atoms with E-state index in [4.69, 9.17) is 15.8 Å². The Bertz CT molecular complexity index is 932. The third kappa shape index (κ3) is 5.11. The average molecular weight is 518 g/mol. The maximum atomic E-state index is 11.8. The van der Waals surface area contributed by atoms with Crippen LogP contribution in [-0.4, -0.2) is 41.6 Å². The van der Waals surface area contributed by atoms with Crippen LogP contribution in [0.3, 0.4) is 0 Å². The minimum atomic E-state index is -0.120. The Hall–Kier alpha value is -0.560. The molecule has 7 atom stereocenters. The number of ether oxygens (including phenoxy) is 1. The molecule has 0 aromatic carbocycles. The van der Waals surface area contributed by atoms with Gasteiger partial charge in [-0.25, -0.2) is 0 Å². The Morgan fingerprint density at radius 1 is 1.26 bits per heavy atom. The first-order valence-corrected chi connectivity index (χ1v) is 14.7. The van der Waals surface area contributed by atoms with Crippen molar-refractivity contribution in [2.75, 3.05) is 6.61 Å². The van der Waals surface area contributed by atoms with Crippen LogP contribution >= 0.6 is 23.8 Å². The standard InChI is InChI=1S/C27H40B2O4S2/c1-5-31-25(30)8-6-7-17(2)21-11-12-22-20-10-9-18-15-19(32-34-28)16-24(33-35-29)27(18,4)23(20)13-14-26(21,22)3/h9-11,17,19,22-24,28-29H,5-8,12-16H2,1-4H3/t17-,19-,22?,23?,24+,26-,27+/m1/s1/i28T,29T. The highest BCUT2D eigenvalue weighted by Gasteiger charge is 2.57. The van der Waals surface area contributed by atoms with Gasteiger partial charge < -0.3 is 13.1 Å². The van der Waals surface area contributed by atoms with Gasteiger partial charge in [0, 0.05) is 18.3 Å². The Morgan fingerprint density at radius 3 is 2.83 bits per heavy atom. The second-order valence-electron chi connectivity index (χ2n) is 11.1. The average Bonchev–Trinajstić information content (AvgIpc) is 3.23. The molecule has 8 heteroatoms. The Balaban J connectivity index is 1.52. The molecule has 0 aromatic heterocycles. The molecule has 2 radical (unpaired) electrons. The number of hydrogen-bond donors (Lipinski definition) is 0. The molecule has 2 saturated carbocycles. The first-order valence-electron chi connectivity index (χ1n) is 14.3. The predicted octanol–water partition coefficient (Wildman–Crippen LogP) is 6.08. The Kier molecular flexibility index (Phi) is 8.10. The van der Waals surface area contributed by atoms with Gasteiger partial charge in [0.05, 0.1) is 18.8 Å². The van der Waals surface area contributed by atoms with E-state index < -0.39 is 0 Å². The van der Waals surface area contributed by atoms with Gasteiger partial charge in [0.1, 0.15) is 0 Å². The predicted molar refractivity (Wildman–Crippen MR) is 149 cm³/mol. The Morgan fingerprint density at radius 2 is 2.06 bits per heavy atom. The number of allylic oxidation sites excluding steroid dienone is 5. The van der Waals surface area contributed by atoms with E-state index in [1.54, 1.807) is 11.1 Å². The van der Waals surface area contributed by atoms with E-state index in [9.17, 15) is 4.79 Å². The van der Waals surface area contributed by atoms with Crippen molar-refractivity contribution in [3.05, 3.63) is 34.9 Å². The van der Waals surface area contributed by atoms with E-state index in [2.05, 4.69) is 39.0 Å². The first kappa shape index (κ1) is 24.8. The molecule has 0 spiro atoms. The molecule has 0 aromatic rings.